The number of benzene rings is 1. The van der Waals surface area contributed by atoms with E-state index < -0.39 is 0 Å². The van der Waals surface area contributed by atoms with Gasteiger partial charge in [0.15, 0.2) is 11.5 Å². The molecule has 32 heavy (non-hydrogen) atoms. The number of likely N-dealkylation sites (N-methyl/N-ethyl adjacent to an activating group) is 1. The average molecular weight is 446 g/mol. The molecule has 1 aliphatic heterocycles. The fraction of sp³-hybridized carbons (Fsp3) is 0.654. The molecule has 0 radical (unpaired) electrons. The van der Waals surface area contributed by atoms with Crippen LogP contribution < -0.4 is 20.5 Å². The van der Waals surface area contributed by atoms with Crippen molar-refractivity contribution in [3.63, 3.8) is 0 Å². The lowest BCUT2D eigenvalue weighted by Gasteiger charge is -2.34. The van der Waals surface area contributed by atoms with Crippen LogP contribution in [-0.4, -0.2) is 50.3 Å². The molecular formula is C26H43N3O3. The van der Waals surface area contributed by atoms with Crippen LogP contribution in [0.1, 0.15) is 64.4 Å². The number of ether oxygens (including phenoxy) is 2. The van der Waals surface area contributed by atoms with Crippen LogP contribution in [-0.2, 0) is 6.42 Å². The minimum Gasteiger partial charge on any atom is -0.493 e. The molecule has 1 saturated heterocycles. The van der Waals surface area contributed by atoms with Gasteiger partial charge in [0.1, 0.15) is 0 Å². The summed E-state index contributed by atoms with van der Waals surface area (Å²) in [6.45, 7) is 5.90. The summed E-state index contributed by atoms with van der Waals surface area (Å²) in [4.78, 5) is 14.6. The third-order valence-electron chi connectivity index (χ3n) is 5.94. The molecule has 0 bridgehead atoms. The van der Waals surface area contributed by atoms with Crippen LogP contribution in [0.15, 0.2) is 30.4 Å². The molecule has 180 valence electrons. The second-order valence-corrected chi connectivity index (χ2v) is 9.17. The highest BCUT2D eigenvalue weighted by molar-refractivity contribution is 5.72. The van der Waals surface area contributed by atoms with Crippen molar-refractivity contribution in [3.8, 4) is 11.5 Å². The fourth-order valence-corrected chi connectivity index (χ4v) is 4.21. The Morgan fingerprint density at radius 3 is 2.81 bits per heavy atom. The SMILES string of the molecule is CNCC1CCCCN1C(=O)Oc1ccc(CC(N)CCCC/C=C/C(C)C)cc1OC. The van der Waals surface area contributed by atoms with Gasteiger partial charge in [0.05, 0.1) is 7.11 Å². The number of nitrogens with zero attached hydrogens (tertiary/aromatic N) is 1. The molecule has 3 N–H and O–H groups in total. The number of amides is 1. The number of unbranched alkanes of at least 4 members (excludes halogenated alkanes) is 2. The van der Waals surface area contributed by atoms with Gasteiger partial charge in [-0.05, 0) is 75.6 Å². The van der Waals surface area contributed by atoms with Crippen molar-refractivity contribution in [2.45, 2.75) is 77.3 Å². The molecule has 2 unspecified atom stereocenters. The lowest BCUT2D eigenvalue weighted by molar-refractivity contribution is 0.112. The summed E-state index contributed by atoms with van der Waals surface area (Å²) in [5.74, 6) is 1.65. The van der Waals surface area contributed by atoms with E-state index in [9.17, 15) is 4.79 Å². The summed E-state index contributed by atoms with van der Waals surface area (Å²) in [5.41, 5.74) is 7.46. The van der Waals surface area contributed by atoms with Crippen LogP contribution in [0.5, 0.6) is 11.5 Å². The molecule has 1 aliphatic rings. The van der Waals surface area contributed by atoms with Crippen molar-refractivity contribution >= 4 is 6.09 Å². The standard InChI is InChI=1S/C26H43N3O3/c1-20(2)11-7-5-6-8-12-22(27)17-21-14-15-24(25(18-21)31-4)32-26(30)29-16-10-9-13-23(29)19-28-3/h7,11,14-15,18,20,22-23,28H,5-6,8-10,12-13,16-17,19,27H2,1-4H3/b11-7+. The second kappa shape index (κ2) is 14.2. The van der Waals surface area contributed by atoms with Crippen LogP contribution in [0, 0.1) is 5.92 Å². The first-order valence-corrected chi connectivity index (χ1v) is 12.2. The lowest BCUT2D eigenvalue weighted by atomic mass is 10.0. The Balaban J connectivity index is 1.88. The van der Waals surface area contributed by atoms with Crippen molar-refractivity contribution < 1.29 is 14.3 Å². The number of allylic oxidation sites excluding steroid dienone is 2. The predicted molar refractivity (Wildman–Crippen MR) is 131 cm³/mol. The Hall–Kier alpha value is -2.05. The summed E-state index contributed by atoms with van der Waals surface area (Å²) in [6, 6.07) is 6.03. The lowest BCUT2D eigenvalue weighted by Crippen LogP contribution is -2.49. The quantitative estimate of drug-likeness (QED) is 0.353. The molecule has 1 heterocycles. The van der Waals surface area contributed by atoms with Gasteiger partial charge in [0, 0.05) is 25.2 Å². The highest BCUT2D eigenvalue weighted by Gasteiger charge is 2.28. The van der Waals surface area contributed by atoms with E-state index in [1.54, 1.807) is 7.11 Å². The summed E-state index contributed by atoms with van der Waals surface area (Å²) in [7, 11) is 3.51. The van der Waals surface area contributed by atoms with Gasteiger partial charge < -0.3 is 25.4 Å². The Labute approximate surface area is 194 Å². The zero-order valence-electron chi connectivity index (χ0n) is 20.4. The largest absolute Gasteiger partial charge is 0.493 e. The molecule has 6 nitrogen and oxygen atoms in total. The minimum absolute atomic E-state index is 0.109. The van der Waals surface area contributed by atoms with E-state index in [1.807, 2.05) is 30.1 Å². The van der Waals surface area contributed by atoms with E-state index in [0.717, 1.165) is 63.6 Å². The van der Waals surface area contributed by atoms with E-state index in [2.05, 4.69) is 31.3 Å². The Bertz CT molecular complexity index is 718. The maximum absolute atomic E-state index is 12.8. The zero-order valence-corrected chi connectivity index (χ0v) is 20.4. The number of nitrogens with two attached hydrogens (primary N) is 1. The number of hydrogen-bond acceptors (Lipinski definition) is 5. The van der Waals surface area contributed by atoms with Crippen LogP contribution in [0.4, 0.5) is 4.79 Å². The number of piperidine rings is 1. The van der Waals surface area contributed by atoms with Gasteiger partial charge in [-0.25, -0.2) is 4.79 Å². The molecule has 0 aromatic heterocycles. The first-order valence-electron chi connectivity index (χ1n) is 12.2. The van der Waals surface area contributed by atoms with Gasteiger partial charge in [0.2, 0.25) is 0 Å². The third-order valence-corrected chi connectivity index (χ3v) is 5.94. The second-order valence-electron chi connectivity index (χ2n) is 9.17. The van der Waals surface area contributed by atoms with Gasteiger partial charge >= 0.3 is 6.09 Å². The number of carbonyl (C=O) groups is 1. The molecule has 2 atom stereocenters. The number of hydrogen-bond donors (Lipinski definition) is 2. The topological polar surface area (TPSA) is 76.8 Å². The first-order chi connectivity index (χ1) is 15.4. The Morgan fingerprint density at radius 1 is 1.28 bits per heavy atom. The number of likely N-dealkylation sites (tertiary alicyclic amines) is 1. The normalized spacial score (nSPS) is 17.7. The van der Waals surface area contributed by atoms with Gasteiger partial charge in [-0.1, -0.05) is 38.5 Å². The smallest absolute Gasteiger partial charge is 0.415 e. The van der Waals surface area contributed by atoms with Crippen molar-refractivity contribution in [1.82, 2.24) is 10.2 Å². The van der Waals surface area contributed by atoms with Crippen molar-refractivity contribution in [2.24, 2.45) is 11.7 Å². The van der Waals surface area contributed by atoms with Gasteiger partial charge in [-0.2, -0.15) is 0 Å². The molecule has 0 saturated carbocycles. The molecule has 2 rings (SSSR count). The summed E-state index contributed by atoms with van der Waals surface area (Å²) in [5, 5.41) is 3.17. The van der Waals surface area contributed by atoms with Crippen LogP contribution in [0.25, 0.3) is 0 Å². The fourth-order valence-electron chi connectivity index (χ4n) is 4.21. The molecule has 6 heteroatoms. The third kappa shape index (κ3) is 8.83. The Kier molecular flexibility index (Phi) is 11.6. The van der Waals surface area contributed by atoms with Gasteiger partial charge in [-0.3, -0.25) is 0 Å². The predicted octanol–water partition coefficient (Wildman–Crippen LogP) is 4.91. The van der Waals surface area contributed by atoms with E-state index in [1.165, 1.54) is 6.42 Å². The number of methoxy groups -OCH3 is 1. The number of carbonyl (C=O) groups excluding carboxylic acids is 1. The molecule has 1 amide bonds. The van der Waals surface area contributed by atoms with Crippen molar-refractivity contribution in [1.29, 1.82) is 0 Å². The van der Waals surface area contributed by atoms with Gasteiger partial charge in [-0.15, -0.1) is 0 Å². The zero-order chi connectivity index (χ0) is 23.3. The maximum Gasteiger partial charge on any atom is 0.415 e. The number of rotatable bonds is 12. The highest BCUT2D eigenvalue weighted by Crippen LogP contribution is 2.30. The van der Waals surface area contributed by atoms with Crippen LogP contribution in [0.3, 0.4) is 0 Å². The van der Waals surface area contributed by atoms with Crippen molar-refractivity contribution in [3.05, 3.63) is 35.9 Å². The molecule has 1 aromatic carbocycles. The van der Waals surface area contributed by atoms with E-state index >= 15 is 0 Å². The highest BCUT2D eigenvalue weighted by atomic mass is 16.6. The molecule has 0 aliphatic carbocycles. The van der Waals surface area contributed by atoms with E-state index in [4.69, 9.17) is 15.2 Å². The monoisotopic (exact) mass is 445 g/mol. The molecule has 0 spiro atoms. The maximum atomic E-state index is 12.8. The van der Waals surface area contributed by atoms with E-state index in [0.29, 0.717) is 17.4 Å². The van der Waals surface area contributed by atoms with Crippen molar-refractivity contribution in [2.75, 3.05) is 27.2 Å². The van der Waals surface area contributed by atoms with Crippen LogP contribution >= 0.6 is 0 Å². The molecule has 1 aromatic rings. The average Bonchev–Trinajstić information content (AvgIpc) is 2.77. The molecular weight excluding hydrogens is 402 g/mol. The summed E-state index contributed by atoms with van der Waals surface area (Å²) < 4.78 is 11.2. The van der Waals surface area contributed by atoms with Gasteiger partial charge in [0.25, 0.3) is 0 Å². The van der Waals surface area contributed by atoms with Crippen LogP contribution in [0.2, 0.25) is 0 Å². The van der Waals surface area contributed by atoms with E-state index in [-0.39, 0.29) is 18.2 Å². The minimum atomic E-state index is -0.306. The summed E-state index contributed by atoms with van der Waals surface area (Å²) >= 11 is 0. The first kappa shape index (κ1) is 26.2. The Morgan fingerprint density at radius 2 is 2.09 bits per heavy atom. The molecule has 1 fully saturated rings. The summed E-state index contributed by atoms with van der Waals surface area (Å²) in [6.07, 6.45) is 12.6. The number of nitrogens with one attached hydrogen (secondary N) is 1.